The Morgan fingerprint density at radius 2 is 0.708 bits per heavy atom. The molecule has 0 heterocycles. The van der Waals surface area contributed by atoms with Crippen molar-refractivity contribution in [1.29, 1.82) is 0 Å². The minimum atomic E-state index is -8.32. The highest BCUT2D eigenvalue weighted by Gasteiger charge is 2.93. The molecule has 0 saturated heterocycles. The number of alkyl halides is 15. The molecule has 0 aromatic carbocycles. The highest BCUT2D eigenvalue weighted by atomic mass is 19.4. The standard InChI is InChI=1S/C8H2F15O/c9-1-2(10,11)3(12,13)4(14,15)5(16,17)6(18,19)7(20,21)8(22,23)24/h1H2. The first kappa shape index (κ1) is 22.9. The molecule has 0 spiro atoms. The Hall–Kier alpha value is -1.09. The maximum Gasteiger partial charge on any atom is 0.452 e. The Balaban J connectivity index is 6.42. The fraction of sp³-hybridized carbons (Fsp3) is 1.00. The van der Waals surface area contributed by atoms with Crippen LogP contribution < -0.4 is 0 Å². The van der Waals surface area contributed by atoms with Crippen molar-refractivity contribution in [3.05, 3.63) is 0 Å². The second kappa shape index (κ2) is 5.45. The van der Waals surface area contributed by atoms with Gasteiger partial charge in [-0.1, -0.05) is 0 Å². The van der Waals surface area contributed by atoms with Gasteiger partial charge in [0.05, 0.1) is 0 Å². The van der Waals surface area contributed by atoms with Crippen LogP contribution in [0.2, 0.25) is 0 Å². The van der Waals surface area contributed by atoms with Crippen LogP contribution in [0.15, 0.2) is 0 Å². The van der Waals surface area contributed by atoms with Crippen molar-refractivity contribution in [2.45, 2.75) is 41.6 Å². The van der Waals surface area contributed by atoms with Crippen LogP contribution in [0.4, 0.5) is 65.9 Å². The average molecular weight is 399 g/mol. The van der Waals surface area contributed by atoms with Crippen molar-refractivity contribution in [1.82, 2.24) is 0 Å². The Morgan fingerprint density at radius 1 is 0.458 bits per heavy atom. The van der Waals surface area contributed by atoms with Crippen LogP contribution in [-0.2, 0) is 5.11 Å². The van der Waals surface area contributed by atoms with Crippen LogP contribution in [0.25, 0.3) is 0 Å². The molecule has 0 bridgehead atoms. The molecule has 0 aliphatic rings. The van der Waals surface area contributed by atoms with Crippen LogP contribution in [-0.4, -0.2) is 48.3 Å². The molecule has 1 radical (unpaired) electrons. The monoisotopic (exact) mass is 399 g/mol. The summed E-state index contributed by atoms with van der Waals surface area (Å²) in [5, 5.41) is 9.51. The molecular formula is C8H2F15O. The van der Waals surface area contributed by atoms with Crippen molar-refractivity contribution in [2.75, 3.05) is 6.67 Å². The second-order valence-electron chi connectivity index (χ2n) is 4.23. The summed E-state index contributed by atoms with van der Waals surface area (Å²) in [5.74, 6) is -47.1. The molecule has 1 nitrogen and oxygen atoms in total. The van der Waals surface area contributed by atoms with E-state index in [4.69, 9.17) is 0 Å². The largest absolute Gasteiger partial charge is 0.452 e. The predicted molar refractivity (Wildman–Crippen MR) is 41.3 cm³/mol. The highest BCUT2D eigenvalue weighted by molar-refractivity contribution is 5.12. The zero-order valence-electron chi connectivity index (χ0n) is 10.3. The van der Waals surface area contributed by atoms with Crippen LogP contribution in [0.1, 0.15) is 0 Å². The average Bonchev–Trinajstić information content (AvgIpc) is 2.36. The molecule has 0 N–H and O–H groups in total. The van der Waals surface area contributed by atoms with E-state index in [1.54, 1.807) is 0 Å². The summed E-state index contributed by atoms with van der Waals surface area (Å²) in [5.41, 5.74) is 0. The molecule has 0 saturated carbocycles. The molecule has 16 heteroatoms. The topological polar surface area (TPSA) is 19.9 Å². The minimum Gasteiger partial charge on any atom is -0.244 e. The lowest BCUT2D eigenvalue weighted by Gasteiger charge is -2.41. The van der Waals surface area contributed by atoms with Crippen LogP contribution in [0, 0.1) is 0 Å². The molecule has 0 amide bonds. The van der Waals surface area contributed by atoms with Gasteiger partial charge in [-0.3, -0.25) is 0 Å². The fourth-order valence-corrected chi connectivity index (χ4v) is 1.09. The van der Waals surface area contributed by atoms with Crippen LogP contribution in [0.3, 0.4) is 0 Å². The molecule has 0 aromatic heterocycles. The third kappa shape index (κ3) is 2.65. The third-order valence-corrected chi connectivity index (χ3v) is 2.57. The molecule has 0 atom stereocenters. The van der Waals surface area contributed by atoms with Crippen molar-refractivity contribution >= 4 is 0 Å². The van der Waals surface area contributed by atoms with Gasteiger partial charge in [0, 0.05) is 0 Å². The molecule has 0 aliphatic heterocycles. The summed E-state index contributed by atoms with van der Waals surface area (Å²) in [6, 6.07) is 0. The number of hydrogen-bond donors (Lipinski definition) is 0. The first-order valence-electron chi connectivity index (χ1n) is 4.97. The van der Waals surface area contributed by atoms with Gasteiger partial charge in [-0.05, 0) is 0 Å². The Bertz CT molecular complexity index is 461. The molecule has 0 aromatic rings. The van der Waals surface area contributed by atoms with Crippen molar-refractivity contribution < 1.29 is 71.0 Å². The van der Waals surface area contributed by atoms with E-state index in [1.807, 2.05) is 0 Å². The summed E-state index contributed by atoms with van der Waals surface area (Å²) in [4.78, 5) is 0. The van der Waals surface area contributed by atoms with Crippen molar-refractivity contribution in [3.63, 3.8) is 0 Å². The van der Waals surface area contributed by atoms with Gasteiger partial charge in [0.25, 0.3) is 0 Å². The van der Waals surface area contributed by atoms with E-state index < -0.39 is 48.3 Å². The smallest absolute Gasteiger partial charge is 0.244 e. The maximum atomic E-state index is 12.8. The summed E-state index contributed by atoms with van der Waals surface area (Å²) >= 11 is 0. The summed E-state index contributed by atoms with van der Waals surface area (Å²) in [6.45, 7) is -3.83. The van der Waals surface area contributed by atoms with E-state index in [2.05, 4.69) is 0 Å². The van der Waals surface area contributed by atoms with Gasteiger partial charge in [0.15, 0.2) is 6.67 Å². The lowest BCUT2D eigenvalue weighted by molar-refractivity contribution is -0.469. The molecule has 145 valence electrons. The van der Waals surface area contributed by atoms with Gasteiger partial charge in [-0.2, -0.15) is 66.6 Å². The third-order valence-electron chi connectivity index (χ3n) is 2.57. The van der Waals surface area contributed by atoms with Gasteiger partial charge in [0.1, 0.15) is 0 Å². The first-order chi connectivity index (χ1) is 10.1. The molecule has 0 fully saturated rings. The van der Waals surface area contributed by atoms with Gasteiger partial charge in [-0.15, -0.1) is 0 Å². The van der Waals surface area contributed by atoms with Gasteiger partial charge in [0.2, 0.25) is 0 Å². The predicted octanol–water partition coefficient (Wildman–Crippen LogP) is 4.79. The highest BCUT2D eigenvalue weighted by Crippen LogP contribution is 2.61. The Morgan fingerprint density at radius 3 is 0.958 bits per heavy atom. The number of rotatable bonds is 7. The lowest BCUT2D eigenvalue weighted by Crippen LogP contribution is -2.73. The number of halogens is 15. The van der Waals surface area contributed by atoms with Crippen molar-refractivity contribution in [3.8, 4) is 0 Å². The van der Waals surface area contributed by atoms with E-state index in [1.165, 1.54) is 0 Å². The van der Waals surface area contributed by atoms with E-state index in [9.17, 15) is 71.0 Å². The molecule has 0 aliphatic carbocycles. The normalized spacial score (nSPS) is 16.5. The van der Waals surface area contributed by atoms with Crippen LogP contribution in [0.5, 0.6) is 0 Å². The SMILES string of the molecule is [O]C(F)(F)C(F)(F)C(F)(F)C(F)(F)C(F)(F)C(F)(F)C(F)(F)CF. The quantitative estimate of drug-likeness (QED) is 0.549. The number of hydrogen-bond acceptors (Lipinski definition) is 0. The Kier molecular flexibility index (Phi) is 5.21. The second-order valence-corrected chi connectivity index (χ2v) is 4.23. The van der Waals surface area contributed by atoms with Crippen LogP contribution >= 0.6 is 0 Å². The van der Waals surface area contributed by atoms with Gasteiger partial charge in [-0.25, -0.2) is 4.39 Å². The molecule has 24 heavy (non-hydrogen) atoms. The van der Waals surface area contributed by atoms with E-state index in [0.29, 0.717) is 0 Å². The van der Waals surface area contributed by atoms with E-state index in [-0.39, 0.29) is 0 Å². The maximum absolute atomic E-state index is 12.8. The molecule has 0 unspecified atom stereocenters. The summed E-state index contributed by atoms with van der Waals surface area (Å²) in [6.07, 6.45) is -7.39. The lowest BCUT2D eigenvalue weighted by atomic mass is 9.91. The van der Waals surface area contributed by atoms with E-state index >= 15 is 0 Å². The fourth-order valence-electron chi connectivity index (χ4n) is 1.09. The zero-order chi connectivity index (χ0) is 20.2. The molecule has 0 rings (SSSR count). The van der Waals surface area contributed by atoms with Gasteiger partial charge >= 0.3 is 41.6 Å². The minimum absolute atomic E-state index is 3.83. The zero-order valence-corrected chi connectivity index (χ0v) is 10.3. The van der Waals surface area contributed by atoms with Gasteiger partial charge < -0.3 is 0 Å². The Labute approximate surface area is 121 Å². The molecular weight excluding hydrogens is 397 g/mol. The van der Waals surface area contributed by atoms with E-state index in [0.717, 1.165) is 0 Å². The summed E-state index contributed by atoms with van der Waals surface area (Å²) < 4.78 is 186. The van der Waals surface area contributed by atoms with Crippen molar-refractivity contribution in [2.24, 2.45) is 0 Å². The first-order valence-corrected chi connectivity index (χ1v) is 4.97. The summed E-state index contributed by atoms with van der Waals surface area (Å²) in [7, 11) is 0.